The van der Waals surface area contributed by atoms with Crippen molar-refractivity contribution in [1.82, 2.24) is 0 Å². The van der Waals surface area contributed by atoms with Crippen LogP contribution in [0, 0.1) is 0 Å². The van der Waals surface area contributed by atoms with Crippen LogP contribution in [-0.2, 0) is 24.3 Å². The average Bonchev–Trinajstić information content (AvgIpc) is 3.37. The Hall–Kier alpha value is -3.95. The second kappa shape index (κ2) is 40.4. The number of unbranched alkanes of at least 4 members (excludes halogenated alkanes) is 26. The van der Waals surface area contributed by atoms with Gasteiger partial charge in [-0.15, -0.1) is 0 Å². The summed E-state index contributed by atoms with van der Waals surface area (Å²) in [6.07, 6.45) is 40.4. The zero-order valence-electron chi connectivity index (χ0n) is 46.4. The monoisotopic (exact) mass is 1010 g/mol. The third-order valence-electron chi connectivity index (χ3n) is 13.8. The van der Waals surface area contributed by atoms with Gasteiger partial charge in [0, 0.05) is 22.3 Å². The van der Waals surface area contributed by atoms with Crippen molar-refractivity contribution < 1.29 is 33.3 Å². The first-order chi connectivity index (χ1) is 34.8. The zero-order chi connectivity index (χ0) is 52.6. The summed E-state index contributed by atoms with van der Waals surface area (Å²) in [6.45, 7) is 9.49. The molecule has 4 aromatic carbocycles. The van der Waals surface area contributed by atoms with Gasteiger partial charge in [-0.05, 0) is 49.9 Å². The molecule has 0 saturated carbocycles. The Bertz CT molecular complexity index is 1800. The molecule has 402 valence electrons. The van der Waals surface area contributed by atoms with E-state index in [-0.39, 0.29) is 20.9 Å². The first kappa shape index (κ1) is 64.2. The van der Waals surface area contributed by atoms with E-state index in [1.807, 2.05) is 0 Å². The van der Waals surface area contributed by atoms with Crippen molar-refractivity contribution in [3.63, 3.8) is 0 Å². The number of carbonyl (C=O) groups is 2. The molecule has 0 fully saturated rings. The molecule has 7 nitrogen and oxygen atoms in total. The Morgan fingerprint density at radius 3 is 0.861 bits per heavy atom. The third-order valence-corrected chi connectivity index (χ3v) is 15.3. The van der Waals surface area contributed by atoms with Gasteiger partial charge < -0.3 is 33.3 Å². The molecule has 0 heterocycles. The lowest BCUT2D eigenvalue weighted by Crippen LogP contribution is -2.39. The van der Waals surface area contributed by atoms with Crippen LogP contribution in [0.4, 0.5) is 0 Å². The fourth-order valence-corrected chi connectivity index (χ4v) is 10.8. The van der Waals surface area contributed by atoms with E-state index in [0.29, 0.717) is 0 Å². The van der Waals surface area contributed by atoms with Crippen molar-refractivity contribution in [3.8, 4) is 0 Å². The highest BCUT2D eigenvalue weighted by Crippen LogP contribution is 2.26. The van der Waals surface area contributed by atoms with E-state index in [1.54, 1.807) is 0 Å². The summed E-state index contributed by atoms with van der Waals surface area (Å²) < 4.78 is 14.7. The van der Waals surface area contributed by atoms with E-state index < -0.39 is 23.1 Å². The zero-order valence-corrected chi connectivity index (χ0v) is 47.2. The number of nitrogens with zero attached hydrogens (tertiary/aromatic N) is 2. The highest BCUT2D eigenvalue weighted by Gasteiger charge is 2.23. The van der Waals surface area contributed by atoms with Gasteiger partial charge in [-0.3, -0.25) is 0 Å². The molecular formula is C64H100N2O5S. The lowest BCUT2D eigenvalue weighted by Gasteiger charge is -2.30. The first-order valence-corrected chi connectivity index (χ1v) is 29.7. The maximum Gasteiger partial charge on any atom is 0.167 e. The normalized spacial score (nSPS) is 11.4. The fourth-order valence-electron chi connectivity index (χ4n) is 9.49. The molecule has 0 saturated heterocycles. The largest absolute Gasteiger partial charge is 0.606 e. The number of carboxylic acids is 2. The summed E-state index contributed by atoms with van der Waals surface area (Å²) in [5.74, 6) is -2.94. The van der Waals surface area contributed by atoms with Crippen LogP contribution in [0.3, 0.4) is 0 Å². The van der Waals surface area contributed by atoms with Crippen LogP contribution in [0.15, 0.2) is 119 Å². The van der Waals surface area contributed by atoms with Gasteiger partial charge >= 0.3 is 0 Å². The Morgan fingerprint density at radius 2 is 0.597 bits per heavy atom. The molecule has 0 aliphatic carbocycles. The fraction of sp³-hybridized carbons (Fsp3) is 0.594. The maximum atomic E-state index is 12.4. The molecule has 4 rings (SSSR count). The summed E-state index contributed by atoms with van der Waals surface area (Å²) in [6, 6.07) is 33.0. The lowest BCUT2D eigenvalue weighted by atomic mass is 10.0. The van der Waals surface area contributed by atoms with Gasteiger partial charge in [-0.1, -0.05) is 253 Å². The Balaban J connectivity index is 0.000000373. The number of rotatable bonds is 38. The van der Waals surface area contributed by atoms with E-state index in [1.165, 1.54) is 253 Å². The van der Waals surface area contributed by atoms with Crippen molar-refractivity contribution in [2.24, 2.45) is 0 Å². The van der Waals surface area contributed by atoms with Gasteiger partial charge in [0.25, 0.3) is 0 Å². The first-order valence-electron chi connectivity index (χ1n) is 28.5. The minimum atomic E-state index is -1.95. The van der Waals surface area contributed by atoms with Gasteiger partial charge in [0.15, 0.2) is 9.79 Å². The molecule has 0 spiro atoms. The Kier molecular flexibility index (Phi) is 36.0. The van der Waals surface area contributed by atoms with Crippen LogP contribution in [-0.4, -0.2) is 66.7 Å². The van der Waals surface area contributed by atoms with Crippen molar-refractivity contribution in [2.45, 2.75) is 217 Å². The topological polar surface area (TPSA) is 103 Å². The van der Waals surface area contributed by atoms with Crippen molar-refractivity contribution in [2.75, 3.05) is 41.3 Å². The SMILES string of the molecule is CCCCCCCCCCCCCCCC[N+](C)(C)Cc1ccccc1.CCCCCCCCCCCCCCCC[N+](C)(C)Cc1ccccc1.O=C([O-])c1ccccc1[S+]([O-])c1ccccc1C(=O)[O-]. The molecular weight excluding hydrogens is 909 g/mol. The molecule has 4 aromatic rings. The predicted molar refractivity (Wildman–Crippen MR) is 301 cm³/mol. The quantitative estimate of drug-likeness (QED) is 0.0253. The van der Waals surface area contributed by atoms with Crippen LogP contribution < -0.4 is 10.2 Å². The minimum absolute atomic E-state index is 0.0128. The van der Waals surface area contributed by atoms with Crippen LogP contribution in [0.25, 0.3) is 0 Å². The standard InChI is InChI=1S/2C25H46N.C14H10O5S/c2*1-4-5-6-7-8-9-10-11-12-13-14-15-16-20-23-26(2,3)24-25-21-18-17-19-22-25;15-13(16)9-5-1-3-7-11(9)20(19)12-8-4-2-6-10(12)14(17)18/h2*17-19,21-22H,4-16,20,23-24H2,1-3H3;1-8H,(H,15,16)(H,17,18)/q2*+1;/p-2. The molecule has 72 heavy (non-hydrogen) atoms. The molecule has 0 amide bonds. The molecule has 0 bridgehead atoms. The van der Waals surface area contributed by atoms with Crippen LogP contribution in [0.1, 0.15) is 225 Å². The summed E-state index contributed by atoms with van der Waals surface area (Å²) in [4.78, 5) is 22.0. The van der Waals surface area contributed by atoms with Gasteiger partial charge in [-0.25, -0.2) is 0 Å². The maximum absolute atomic E-state index is 12.4. The van der Waals surface area contributed by atoms with Gasteiger partial charge in [-0.2, -0.15) is 0 Å². The number of carboxylic acid groups (broad SMARTS) is 2. The van der Waals surface area contributed by atoms with Gasteiger partial charge in [0.2, 0.25) is 0 Å². The lowest BCUT2D eigenvalue weighted by molar-refractivity contribution is -0.903. The van der Waals surface area contributed by atoms with E-state index in [9.17, 15) is 24.4 Å². The molecule has 0 N–H and O–H groups in total. The van der Waals surface area contributed by atoms with Crippen molar-refractivity contribution >= 4 is 23.1 Å². The summed E-state index contributed by atoms with van der Waals surface area (Å²) in [7, 11) is 9.48. The van der Waals surface area contributed by atoms with E-state index >= 15 is 0 Å². The minimum Gasteiger partial charge on any atom is -0.606 e. The summed E-state index contributed by atoms with van der Waals surface area (Å²) in [5, 5.41) is 22.0. The van der Waals surface area contributed by atoms with Crippen molar-refractivity contribution in [1.29, 1.82) is 0 Å². The highest BCUT2D eigenvalue weighted by atomic mass is 32.2. The van der Waals surface area contributed by atoms with Crippen LogP contribution >= 0.6 is 0 Å². The number of benzene rings is 4. The number of quaternary nitrogens is 2. The van der Waals surface area contributed by atoms with E-state index in [2.05, 4.69) is 103 Å². The van der Waals surface area contributed by atoms with Crippen molar-refractivity contribution in [3.05, 3.63) is 131 Å². The number of hydrogen-bond donors (Lipinski definition) is 0. The predicted octanol–water partition coefficient (Wildman–Crippen LogP) is 15.1. The van der Waals surface area contributed by atoms with Gasteiger partial charge in [0.05, 0.1) is 64.3 Å². The third kappa shape index (κ3) is 31.6. The molecule has 0 aliphatic rings. The van der Waals surface area contributed by atoms with Crippen LogP contribution in [0.5, 0.6) is 0 Å². The van der Waals surface area contributed by atoms with Gasteiger partial charge in [0.1, 0.15) is 13.1 Å². The second-order valence-electron chi connectivity index (χ2n) is 21.6. The van der Waals surface area contributed by atoms with E-state index in [4.69, 9.17) is 0 Å². The molecule has 0 unspecified atom stereocenters. The number of hydrogen-bond acceptors (Lipinski definition) is 5. The number of aromatic carboxylic acids is 2. The van der Waals surface area contributed by atoms with Crippen LogP contribution in [0.2, 0.25) is 0 Å². The van der Waals surface area contributed by atoms with E-state index in [0.717, 1.165) is 22.1 Å². The molecule has 0 atom stereocenters. The molecule has 0 radical (unpaired) electrons. The molecule has 8 heteroatoms. The smallest absolute Gasteiger partial charge is 0.167 e. The molecule has 0 aromatic heterocycles. The highest BCUT2D eigenvalue weighted by molar-refractivity contribution is 7.91. The molecule has 0 aliphatic heterocycles. The number of carbonyl (C=O) groups excluding carboxylic acids is 2. The second-order valence-corrected chi connectivity index (χ2v) is 23.1. The Labute approximate surface area is 443 Å². The summed E-state index contributed by atoms with van der Waals surface area (Å²) in [5.41, 5.74) is 2.45. The Morgan fingerprint density at radius 1 is 0.361 bits per heavy atom. The average molecular weight is 1010 g/mol. The summed E-state index contributed by atoms with van der Waals surface area (Å²) >= 11 is -1.95.